The van der Waals surface area contributed by atoms with Crippen molar-refractivity contribution in [3.63, 3.8) is 0 Å². The molecule has 3 N–H and O–H groups in total. The number of para-hydroxylation sites is 2. The first-order valence-electron chi connectivity index (χ1n) is 8.41. The predicted octanol–water partition coefficient (Wildman–Crippen LogP) is 4.41. The zero-order valence-corrected chi connectivity index (χ0v) is 15.1. The predicted molar refractivity (Wildman–Crippen MR) is 101 cm³/mol. The largest absolute Gasteiger partial charge is 0.478 e. The van der Waals surface area contributed by atoms with Crippen molar-refractivity contribution >= 4 is 23.5 Å². The lowest BCUT2D eigenvalue weighted by atomic mass is 10.1. The highest BCUT2D eigenvalue weighted by Crippen LogP contribution is 2.31. The number of carboxylic acids is 2. The molecular formula is C21H13F2NO6. The average molecular weight is 413 g/mol. The Kier molecular flexibility index (Phi) is 5.73. The number of anilines is 1. The fraction of sp³-hybridized carbons (Fsp3) is 0. The van der Waals surface area contributed by atoms with Crippen molar-refractivity contribution in [2.24, 2.45) is 0 Å². The smallest absolute Gasteiger partial charge is 0.336 e. The van der Waals surface area contributed by atoms with Gasteiger partial charge >= 0.3 is 11.9 Å². The second-order valence-electron chi connectivity index (χ2n) is 5.97. The van der Waals surface area contributed by atoms with Gasteiger partial charge in [-0.15, -0.1) is 0 Å². The van der Waals surface area contributed by atoms with E-state index < -0.39 is 46.2 Å². The molecular weight excluding hydrogens is 400 g/mol. The van der Waals surface area contributed by atoms with Crippen LogP contribution in [-0.2, 0) is 0 Å². The number of aromatic carboxylic acids is 2. The number of carbonyl (C=O) groups is 3. The Morgan fingerprint density at radius 3 is 2.20 bits per heavy atom. The number of hydrogen-bond acceptors (Lipinski definition) is 4. The second-order valence-corrected chi connectivity index (χ2v) is 5.97. The number of carboxylic acid groups (broad SMARTS) is 2. The molecule has 3 rings (SSSR count). The first-order chi connectivity index (χ1) is 14.3. The van der Waals surface area contributed by atoms with Crippen molar-refractivity contribution in [2.45, 2.75) is 0 Å². The van der Waals surface area contributed by atoms with E-state index in [4.69, 9.17) is 9.84 Å². The fourth-order valence-corrected chi connectivity index (χ4v) is 2.60. The lowest BCUT2D eigenvalue weighted by Crippen LogP contribution is -2.15. The molecule has 3 aromatic carbocycles. The van der Waals surface area contributed by atoms with Gasteiger partial charge in [0.15, 0.2) is 17.4 Å². The Labute approximate surface area is 168 Å². The Balaban J connectivity index is 1.90. The van der Waals surface area contributed by atoms with Crippen molar-refractivity contribution in [3.05, 3.63) is 89.0 Å². The number of carbonyl (C=O) groups excluding carboxylic acids is 1. The van der Waals surface area contributed by atoms with Gasteiger partial charge in [-0.25, -0.2) is 18.4 Å². The quantitative estimate of drug-likeness (QED) is 0.552. The number of amides is 1. The van der Waals surface area contributed by atoms with Crippen LogP contribution in [0.4, 0.5) is 14.5 Å². The molecule has 3 aromatic rings. The topological polar surface area (TPSA) is 113 Å². The standard InChI is InChI=1S/C21H13F2NO6/c22-15-5-3-4-13(18(15)23)19(25)24-16-6-1-2-7-17(16)30-11-8-9-12(20(26)27)14(10-11)21(28)29/h1-10H,(H,24,25)(H,26,27)(H,28,29). The van der Waals surface area contributed by atoms with Gasteiger partial charge in [-0.05, 0) is 42.5 Å². The van der Waals surface area contributed by atoms with Crippen LogP contribution in [0, 0.1) is 11.6 Å². The normalized spacial score (nSPS) is 10.3. The number of benzene rings is 3. The minimum absolute atomic E-state index is 0.00367. The van der Waals surface area contributed by atoms with Gasteiger partial charge in [0.2, 0.25) is 0 Å². The number of halogens is 2. The van der Waals surface area contributed by atoms with Gasteiger partial charge in [-0.3, -0.25) is 4.79 Å². The summed E-state index contributed by atoms with van der Waals surface area (Å²) in [5.41, 5.74) is -1.31. The molecule has 0 aliphatic heterocycles. The Bertz CT molecular complexity index is 1160. The zero-order valence-electron chi connectivity index (χ0n) is 15.1. The summed E-state index contributed by atoms with van der Waals surface area (Å²) < 4.78 is 32.8. The van der Waals surface area contributed by atoms with E-state index >= 15 is 0 Å². The van der Waals surface area contributed by atoms with Crippen LogP contribution in [0.5, 0.6) is 11.5 Å². The number of nitrogens with one attached hydrogen (secondary N) is 1. The maximum absolute atomic E-state index is 13.9. The van der Waals surface area contributed by atoms with E-state index in [9.17, 15) is 28.3 Å². The van der Waals surface area contributed by atoms with Crippen molar-refractivity contribution in [1.29, 1.82) is 0 Å². The van der Waals surface area contributed by atoms with E-state index in [1.807, 2.05) is 0 Å². The third-order valence-electron chi connectivity index (χ3n) is 4.01. The molecule has 152 valence electrons. The van der Waals surface area contributed by atoms with Gasteiger partial charge in [0.05, 0.1) is 22.4 Å². The van der Waals surface area contributed by atoms with Gasteiger partial charge in [0, 0.05) is 0 Å². The molecule has 7 nitrogen and oxygen atoms in total. The van der Waals surface area contributed by atoms with Crippen molar-refractivity contribution in [2.75, 3.05) is 5.32 Å². The first kappa shape index (κ1) is 20.5. The van der Waals surface area contributed by atoms with Gasteiger partial charge in [0.25, 0.3) is 5.91 Å². The molecule has 0 atom stereocenters. The summed E-state index contributed by atoms with van der Waals surface area (Å²) in [6.45, 7) is 0. The van der Waals surface area contributed by atoms with Crippen molar-refractivity contribution in [1.82, 2.24) is 0 Å². The first-order valence-corrected chi connectivity index (χ1v) is 8.41. The number of ether oxygens (including phenoxy) is 1. The molecule has 9 heteroatoms. The van der Waals surface area contributed by atoms with Crippen LogP contribution < -0.4 is 10.1 Å². The molecule has 0 spiro atoms. The summed E-state index contributed by atoms with van der Waals surface area (Å²) in [6, 6.07) is 12.5. The number of rotatable bonds is 6. The Morgan fingerprint density at radius 1 is 0.800 bits per heavy atom. The molecule has 1 amide bonds. The van der Waals surface area contributed by atoms with E-state index in [1.165, 1.54) is 24.3 Å². The fourth-order valence-electron chi connectivity index (χ4n) is 2.60. The van der Waals surface area contributed by atoms with Gasteiger partial charge < -0.3 is 20.3 Å². The lowest BCUT2D eigenvalue weighted by Gasteiger charge is -2.13. The van der Waals surface area contributed by atoms with E-state index in [1.54, 1.807) is 12.1 Å². The van der Waals surface area contributed by atoms with Crippen LogP contribution in [0.25, 0.3) is 0 Å². The molecule has 0 unspecified atom stereocenters. The van der Waals surface area contributed by atoms with E-state index in [0.29, 0.717) is 0 Å². The van der Waals surface area contributed by atoms with Crippen molar-refractivity contribution in [3.8, 4) is 11.5 Å². The summed E-state index contributed by atoms with van der Waals surface area (Å²) in [5.74, 6) is -6.20. The Hall–Kier alpha value is -4.27. The summed E-state index contributed by atoms with van der Waals surface area (Å²) in [5, 5.41) is 20.7. The molecule has 0 saturated heterocycles. The summed E-state index contributed by atoms with van der Waals surface area (Å²) >= 11 is 0. The highest BCUT2D eigenvalue weighted by Gasteiger charge is 2.19. The minimum Gasteiger partial charge on any atom is -0.478 e. The van der Waals surface area contributed by atoms with E-state index in [2.05, 4.69) is 5.32 Å². The Morgan fingerprint density at radius 2 is 1.50 bits per heavy atom. The second kappa shape index (κ2) is 8.39. The maximum Gasteiger partial charge on any atom is 0.336 e. The SMILES string of the molecule is O=C(O)c1ccc(Oc2ccccc2NC(=O)c2cccc(F)c2F)cc1C(=O)O. The molecule has 0 heterocycles. The van der Waals surface area contributed by atoms with Crippen LogP contribution in [0.1, 0.15) is 31.1 Å². The van der Waals surface area contributed by atoms with Crippen molar-refractivity contribution < 1.29 is 38.1 Å². The van der Waals surface area contributed by atoms with E-state index in [0.717, 1.165) is 24.3 Å². The number of hydrogen-bond donors (Lipinski definition) is 3. The van der Waals surface area contributed by atoms with Gasteiger partial charge in [-0.1, -0.05) is 18.2 Å². The molecule has 0 radical (unpaired) electrons. The van der Waals surface area contributed by atoms with Gasteiger partial charge in [-0.2, -0.15) is 0 Å². The van der Waals surface area contributed by atoms with Gasteiger partial charge in [0.1, 0.15) is 5.75 Å². The summed E-state index contributed by atoms with van der Waals surface area (Å²) in [4.78, 5) is 34.8. The molecule has 0 fully saturated rings. The average Bonchev–Trinajstić information content (AvgIpc) is 2.71. The van der Waals surface area contributed by atoms with Crippen LogP contribution in [-0.4, -0.2) is 28.1 Å². The zero-order chi connectivity index (χ0) is 21.8. The van der Waals surface area contributed by atoms with Crippen LogP contribution in [0.3, 0.4) is 0 Å². The monoisotopic (exact) mass is 413 g/mol. The third-order valence-corrected chi connectivity index (χ3v) is 4.01. The molecule has 0 saturated carbocycles. The van der Waals surface area contributed by atoms with Crippen LogP contribution >= 0.6 is 0 Å². The van der Waals surface area contributed by atoms with Crippen LogP contribution in [0.2, 0.25) is 0 Å². The summed E-state index contributed by atoms with van der Waals surface area (Å²) in [7, 11) is 0. The van der Waals surface area contributed by atoms with Crippen LogP contribution in [0.15, 0.2) is 60.7 Å². The third kappa shape index (κ3) is 4.25. The maximum atomic E-state index is 13.9. The highest BCUT2D eigenvalue weighted by molar-refractivity contribution is 6.05. The van der Waals surface area contributed by atoms with E-state index in [-0.39, 0.29) is 17.2 Å². The minimum atomic E-state index is -1.46. The molecule has 0 aromatic heterocycles. The molecule has 0 aliphatic carbocycles. The lowest BCUT2D eigenvalue weighted by molar-refractivity contribution is 0.0651. The molecule has 0 bridgehead atoms. The summed E-state index contributed by atoms with van der Waals surface area (Å²) in [6.07, 6.45) is 0. The molecule has 0 aliphatic rings. The highest BCUT2D eigenvalue weighted by atomic mass is 19.2. The molecule has 30 heavy (non-hydrogen) atoms.